The zero-order chi connectivity index (χ0) is 12.7. The topological polar surface area (TPSA) is 24.1 Å². The van der Waals surface area contributed by atoms with Gasteiger partial charge < -0.3 is 10.6 Å². The molecule has 2 heteroatoms. The molecule has 2 bridgehead atoms. The van der Waals surface area contributed by atoms with E-state index in [-0.39, 0.29) is 0 Å². The second-order valence-corrected chi connectivity index (χ2v) is 7.51. The first kappa shape index (κ1) is 12.9. The van der Waals surface area contributed by atoms with Crippen molar-refractivity contribution in [3.8, 4) is 0 Å². The van der Waals surface area contributed by atoms with Gasteiger partial charge in [0.2, 0.25) is 0 Å². The van der Waals surface area contributed by atoms with Gasteiger partial charge in [0, 0.05) is 12.6 Å². The summed E-state index contributed by atoms with van der Waals surface area (Å²) in [6, 6.07) is 0.628. The van der Waals surface area contributed by atoms with Gasteiger partial charge in [-0.15, -0.1) is 0 Å². The monoisotopic (exact) mass is 250 g/mol. The van der Waals surface area contributed by atoms with Gasteiger partial charge in [0.25, 0.3) is 0 Å². The summed E-state index contributed by atoms with van der Waals surface area (Å²) in [4.78, 5) is 0. The minimum atomic E-state index is 0.628. The van der Waals surface area contributed by atoms with Crippen molar-refractivity contribution in [1.82, 2.24) is 10.6 Å². The van der Waals surface area contributed by atoms with E-state index in [9.17, 15) is 0 Å². The maximum Gasteiger partial charge on any atom is 0.0164 e. The minimum Gasteiger partial charge on any atom is -0.315 e. The molecule has 0 saturated heterocycles. The first-order valence-corrected chi connectivity index (χ1v) is 8.11. The molecule has 0 aromatic carbocycles. The summed E-state index contributed by atoms with van der Waals surface area (Å²) in [5, 5.41) is 7.30. The fourth-order valence-corrected chi connectivity index (χ4v) is 4.78. The Balaban J connectivity index is 1.31. The highest BCUT2D eigenvalue weighted by Crippen LogP contribution is 2.69. The van der Waals surface area contributed by atoms with E-state index in [0.717, 1.165) is 48.6 Å². The van der Waals surface area contributed by atoms with Gasteiger partial charge in [0.15, 0.2) is 0 Å². The van der Waals surface area contributed by atoms with Crippen molar-refractivity contribution >= 4 is 0 Å². The van der Waals surface area contributed by atoms with Crippen molar-refractivity contribution in [2.45, 2.75) is 46.1 Å². The molecule has 104 valence electrons. The SMILES string of the molecule is CC(C)CNCC(C)NCC1C2C3CCC(C3)C12. The molecule has 5 unspecified atom stereocenters. The van der Waals surface area contributed by atoms with Crippen molar-refractivity contribution in [2.75, 3.05) is 19.6 Å². The Morgan fingerprint density at radius 1 is 1.00 bits per heavy atom. The van der Waals surface area contributed by atoms with Crippen molar-refractivity contribution in [1.29, 1.82) is 0 Å². The van der Waals surface area contributed by atoms with Crippen LogP contribution in [0.5, 0.6) is 0 Å². The lowest BCUT2D eigenvalue weighted by Gasteiger charge is -2.17. The molecule has 3 rings (SSSR count). The van der Waals surface area contributed by atoms with E-state index in [1.165, 1.54) is 6.54 Å². The van der Waals surface area contributed by atoms with Crippen LogP contribution in [0, 0.1) is 35.5 Å². The summed E-state index contributed by atoms with van der Waals surface area (Å²) >= 11 is 0. The Hall–Kier alpha value is -0.0800. The second kappa shape index (κ2) is 5.13. The molecule has 0 spiro atoms. The van der Waals surface area contributed by atoms with Crippen LogP contribution in [0.3, 0.4) is 0 Å². The summed E-state index contributed by atoms with van der Waals surface area (Å²) in [6.07, 6.45) is 4.68. The lowest BCUT2D eigenvalue weighted by atomic mass is 10.0. The Bertz CT molecular complexity index is 273. The molecule has 3 aliphatic carbocycles. The summed E-state index contributed by atoms with van der Waals surface area (Å²) < 4.78 is 0. The van der Waals surface area contributed by atoms with Crippen LogP contribution in [0.4, 0.5) is 0 Å². The van der Waals surface area contributed by atoms with Gasteiger partial charge in [-0.1, -0.05) is 13.8 Å². The quantitative estimate of drug-likeness (QED) is 0.725. The zero-order valence-electron chi connectivity index (χ0n) is 12.3. The fourth-order valence-electron chi connectivity index (χ4n) is 4.78. The molecule has 2 N–H and O–H groups in total. The van der Waals surface area contributed by atoms with Crippen LogP contribution in [0.1, 0.15) is 40.0 Å². The Labute approximate surface area is 112 Å². The smallest absolute Gasteiger partial charge is 0.0164 e. The second-order valence-electron chi connectivity index (χ2n) is 7.51. The summed E-state index contributed by atoms with van der Waals surface area (Å²) in [7, 11) is 0. The molecule has 0 aliphatic heterocycles. The van der Waals surface area contributed by atoms with E-state index in [2.05, 4.69) is 31.4 Å². The van der Waals surface area contributed by atoms with Crippen LogP contribution in [0.2, 0.25) is 0 Å². The number of fused-ring (bicyclic) bond motifs is 5. The van der Waals surface area contributed by atoms with Crippen LogP contribution < -0.4 is 10.6 Å². The van der Waals surface area contributed by atoms with Gasteiger partial charge in [0.1, 0.15) is 0 Å². The highest BCUT2D eigenvalue weighted by atomic mass is 15.0. The van der Waals surface area contributed by atoms with Crippen LogP contribution in [-0.4, -0.2) is 25.7 Å². The largest absolute Gasteiger partial charge is 0.315 e. The van der Waals surface area contributed by atoms with E-state index in [0.29, 0.717) is 6.04 Å². The molecule has 0 aromatic rings. The summed E-state index contributed by atoms with van der Waals surface area (Å²) in [5.41, 5.74) is 0. The molecule has 2 nitrogen and oxygen atoms in total. The van der Waals surface area contributed by atoms with Crippen molar-refractivity contribution in [3.63, 3.8) is 0 Å². The highest BCUT2D eigenvalue weighted by Gasteiger charge is 2.64. The minimum absolute atomic E-state index is 0.628. The molecule has 0 heterocycles. The van der Waals surface area contributed by atoms with E-state index >= 15 is 0 Å². The number of nitrogens with one attached hydrogen (secondary N) is 2. The maximum atomic E-state index is 3.75. The molecular formula is C16H30N2. The predicted molar refractivity (Wildman–Crippen MR) is 76.5 cm³/mol. The third-order valence-electron chi connectivity index (χ3n) is 5.60. The van der Waals surface area contributed by atoms with E-state index in [4.69, 9.17) is 0 Å². The molecule has 3 fully saturated rings. The molecule has 5 atom stereocenters. The highest BCUT2D eigenvalue weighted by molar-refractivity contribution is 5.13. The standard InChI is InChI=1S/C16H30N2/c1-10(2)7-17-8-11(3)18-9-14-15-12-4-5-13(6-12)16(14)15/h10-18H,4-9H2,1-3H3. The number of hydrogen-bond donors (Lipinski definition) is 2. The first-order valence-electron chi connectivity index (χ1n) is 8.11. The maximum absolute atomic E-state index is 3.75. The third-order valence-corrected chi connectivity index (χ3v) is 5.60. The Morgan fingerprint density at radius 3 is 2.28 bits per heavy atom. The van der Waals surface area contributed by atoms with Crippen LogP contribution in [0.25, 0.3) is 0 Å². The lowest BCUT2D eigenvalue weighted by molar-refractivity contribution is 0.411. The Morgan fingerprint density at radius 2 is 1.67 bits per heavy atom. The van der Waals surface area contributed by atoms with Gasteiger partial charge in [-0.2, -0.15) is 0 Å². The average Bonchev–Trinajstić information content (AvgIpc) is 2.71. The van der Waals surface area contributed by atoms with Gasteiger partial charge in [0.05, 0.1) is 0 Å². The molecular weight excluding hydrogens is 220 g/mol. The van der Waals surface area contributed by atoms with Crippen molar-refractivity contribution < 1.29 is 0 Å². The van der Waals surface area contributed by atoms with E-state index in [1.54, 1.807) is 19.3 Å². The summed E-state index contributed by atoms with van der Waals surface area (Å²) in [5.74, 6) is 6.32. The molecule has 0 amide bonds. The average molecular weight is 250 g/mol. The van der Waals surface area contributed by atoms with Gasteiger partial charge in [-0.3, -0.25) is 0 Å². The normalized spacial score (nSPS) is 42.3. The summed E-state index contributed by atoms with van der Waals surface area (Å²) in [6.45, 7) is 10.4. The fraction of sp³-hybridized carbons (Fsp3) is 1.00. The third kappa shape index (κ3) is 2.46. The molecule has 3 aliphatic rings. The predicted octanol–water partition coefficient (Wildman–Crippen LogP) is 2.50. The van der Waals surface area contributed by atoms with Crippen LogP contribution in [0.15, 0.2) is 0 Å². The van der Waals surface area contributed by atoms with Crippen LogP contribution in [-0.2, 0) is 0 Å². The lowest BCUT2D eigenvalue weighted by Crippen LogP contribution is -2.39. The Kier molecular flexibility index (Phi) is 3.68. The van der Waals surface area contributed by atoms with Gasteiger partial charge in [-0.25, -0.2) is 0 Å². The van der Waals surface area contributed by atoms with E-state index in [1.807, 2.05) is 0 Å². The van der Waals surface area contributed by atoms with Gasteiger partial charge >= 0.3 is 0 Å². The van der Waals surface area contributed by atoms with E-state index < -0.39 is 0 Å². The molecule has 18 heavy (non-hydrogen) atoms. The number of hydrogen-bond acceptors (Lipinski definition) is 2. The van der Waals surface area contributed by atoms with Gasteiger partial charge in [-0.05, 0) is 74.8 Å². The molecule has 0 radical (unpaired) electrons. The van der Waals surface area contributed by atoms with Crippen LogP contribution >= 0.6 is 0 Å². The van der Waals surface area contributed by atoms with Crippen molar-refractivity contribution in [3.05, 3.63) is 0 Å². The molecule has 3 saturated carbocycles. The number of rotatable bonds is 7. The molecule has 0 aromatic heterocycles. The zero-order valence-corrected chi connectivity index (χ0v) is 12.3. The first-order chi connectivity index (χ1) is 8.66. The van der Waals surface area contributed by atoms with Crippen molar-refractivity contribution in [2.24, 2.45) is 35.5 Å².